The molecule has 1 saturated heterocycles. The predicted octanol–water partition coefficient (Wildman–Crippen LogP) is 3.25. The molecule has 1 aliphatic heterocycles. The van der Waals surface area contributed by atoms with Crippen LogP contribution in [0.1, 0.15) is 44.1 Å². The van der Waals surface area contributed by atoms with Crippen molar-refractivity contribution < 1.29 is 15.0 Å². The van der Waals surface area contributed by atoms with Gasteiger partial charge < -0.3 is 10.2 Å². The number of hydrogen-bond acceptors (Lipinski definition) is 3. The fourth-order valence-corrected chi connectivity index (χ4v) is 5.09. The Labute approximate surface area is 155 Å². The van der Waals surface area contributed by atoms with Gasteiger partial charge in [-0.3, -0.25) is 9.69 Å². The SMILES string of the molecule is O=C(O)[C@](CC#CCN1C[C@H]2C[C@H]2C1)(c1ccccc1O)C1CCCC1. The molecule has 3 atom stereocenters. The molecule has 3 aliphatic rings. The van der Waals surface area contributed by atoms with Crippen molar-refractivity contribution in [3.05, 3.63) is 29.8 Å². The van der Waals surface area contributed by atoms with E-state index in [9.17, 15) is 15.0 Å². The van der Waals surface area contributed by atoms with Gasteiger partial charge in [-0.05, 0) is 43.1 Å². The summed E-state index contributed by atoms with van der Waals surface area (Å²) in [5.74, 6) is 7.42. The smallest absolute Gasteiger partial charge is 0.315 e. The Bertz CT molecular complexity index is 733. The number of aromatic hydroxyl groups is 1. The number of fused-ring (bicyclic) bond motifs is 1. The van der Waals surface area contributed by atoms with Gasteiger partial charge in [0.15, 0.2) is 0 Å². The van der Waals surface area contributed by atoms with Gasteiger partial charge in [-0.2, -0.15) is 0 Å². The Morgan fingerprint density at radius 3 is 2.50 bits per heavy atom. The van der Waals surface area contributed by atoms with Crippen molar-refractivity contribution in [2.24, 2.45) is 17.8 Å². The summed E-state index contributed by atoms with van der Waals surface area (Å²) in [5.41, 5.74) is -0.585. The summed E-state index contributed by atoms with van der Waals surface area (Å²) in [6.45, 7) is 3.02. The maximum Gasteiger partial charge on any atom is 0.315 e. The van der Waals surface area contributed by atoms with Crippen molar-refractivity contribution >= 4 is 5.97 Å². The normalized spacial score (nSPS) is 27.4. The van der Waals surface area contributed by atoms with Crippen LogP contribution in [0.3, 0.4) is 0 Å². The third-order valence-electron chi connectivity index (χ3n) is 6.67. The van der Waals surface area contributed by atoms with Crippen LogP contribution < -0.4 is 0 Å². The number of likely N-dealkylation sites (tertiary alicyclic amines) is 1. The van der Waals surface area contributed by atoms with Gasteiger partial charge in [0.1, 0.15) is 11.2 Å². The third kappa shape index (κ3) is 3.10. The Morgan fingerprint density at radius 2 is 1.85 bits per heavy atom. The molecule has 1 aromatic carbocycles. The van der Waals surface area contributed by atoms with Gasteiger partial charge >= 0.3 is 5.97 Å². The van der Waals surface area contributed by atoms with Crippen LogP contribution in [0, 0.1) is 29.6 Å². The molecule has 2 saturated carbocycles. The van der Waals surface area contributed by atoms with E-state index in [2.05, 4.69) is 16.7 Å². The van der Waals surface area contributed by atoms with Crippen molar-refractivity contribution in [3.63, 3.8) is 0 Å². The highest BCUT2D eigenvalue weighted by Gasteiger charge is 2.49. The second-order valence-electron chi connectivity index (χ2n) is 8.26. The molecule has 0 unspecified atom stereocenters. The first-order chi connectivity index (χ1) is 12.6. The van der Waals surface area contributed by atoms with Crippen LogP contribution in [0.2, 0.25) is 0 Å². The van der Waals surface area contributed by atoms with E-state index >= 15 is 0 Å². The standard InChI is InChI=1S/C22H27NO3/c24-20-10-4-3-9-19(20)22(21(25)26,18-7-1-2-8-18)11-5-6-12-23-14-16-13-17(16)15-23/h3-4,9-10,16-18,24H,1-2,7-8,11-15H2,(H,25,26)/t16-,17+,22-/m0/s1. The number of nitrogens with zero attached hydrogens (tertiary/aromatic N) is 1. The van der Waals surface area contributed by atoms with E-state index in [0.717, 1.165) is 57.2 Å². The van der Waals surface area contributed by atoms with Crippen molar-refractivity contribution in [1.82, 2.24) is 4.90 Å². The first-order valence-electron chi connectivity index (χ1n) is 9.81. The molecule has 1 heterocycles. The van der Waals surface area contributed by atoms with Crippen LogP contribution in [0.15, 0.2) is 24.3 Å². The van der Waals surface area contributed by atoms with Gasteiger partial charge in [-0.25, -0.2) is 0 Å². The number of aliphatic carboxylic acids is 1. The fourth-order valence-electron chi connectivity index (χ4n) is 5.09. The highest BCUT2D eigenvalue weighted by Crippen LogP contribution is 2.47. The van der Waals surface area contributed by atoms with Crippen molar-refractivity contribution in [2.45, 2.75) is 43.9 Å². The van der Waals surface area contributed by atoms with Crippen molar-refractivity contribution in [3.8, 4) is 17.6 Å². The second kappa shape index (κ2) is 6.96. The fraction of sp³-hybridized carbons (Fsp3) is 0.591. The van der Waals surface area contributed by atoms with E-state index in [1.807, 2.05) is 6.07 Å². The minimum absolute atomic E-state index is 0.0297. The lowest BCUT2D eigenvalue weighted by Gasteiger charge is -2.34. The molecule has 2 N–H and O–H groups in total. The lowest BCUT2D eigenvalue weighted by Crippen LogP contribution is -2.42. The Balaban J connectivity index is 1.57. The average Bonchev–Trinajstić information content (AvgIpc) is 3.03. The van der Waals surface area contributed by atoms with E-state index in [-0.39, 0.29) is 18.1 Å². The van der Waals surface area contributed by atoms with Gasteiger partial charge in [0.25, 0.3) is 0 Å². The van der Waals surface area contributed by atoms with Gasteiger partial charge in [-0.1, -0.05) is 37.0 Å². The molecule has 0 aromatic heterocycles. The monoisotopic (exact) mass is 353 g/mol. The second-order valence-corrected chi connectivity index (χ2v) is 8.26. The number of carboxylic acids is 1. The molecular weight excluding hydrogens is 326 g/mol. The van der Waals surface area contributed by atoms with Crippen LogP contribution in [0.25, 0.3) is 0 Å². The lowest BCUT2D eigenvalue weighted by atomic mass is 9.67. The molecule has 4 heteroatoms. The molecule has 0 amide bonds. The number of phenolic OH excluding ortho intramolecular Hbond substituents is 1. The van der Waals surface area contributed by atoms with Crippen molar-refractivity contribution in [2.75, 3.05) is 19.6 Å². The quantitative estimate of drug-likeness (QED) is 0.798. The lowest BCUT2D eigenvalue weighted by molar-refractivity contribution is -0.146. The molecular formula is C22H27NO3. The summed E-state index contributed by atoms with van der Waals surface area (Å²) >= 11 is 0. The number of carbonyl (C=O) groups is 1. The number of hydrogen-bond donors (Lipinski definition) is 2. The number of carboxylic acid groups (broad SMARTS) is 1. The maximum atomic E-state index is 12.5. The molecule has 4 rings (SSSR count). The first kappa shape index (κ1) is 17.4. The molecule has 3 fully saturated rings. The Morgan fingerprint density at radius 1 is 1.15 bits per heavy atom. The molecule has 0 bridgehead atoms. The van der Waals surface area contributed by atoms with Crippen LogP contribution in [0.5, 0.6) is 5.75 Å². The predicted molar refractivity (Wildman–Crippen MR) is 99.8 cm³/mol. The number of rotatable bonds is 5. The molecule has 0 radical (unpaired) electrons. The van der Waals surface area contributed by atoms with Crippen LogP contribution >= 0.6 is 0 Å². The molecule has 26 heavy (non-hydrogen) atoms. The molecule has 1 aromatic rings. The molecule has 4 nitrogen and oxygen atoms in total. The zero-order chi connectivity index (χ0) is 18.1. The highest BCUT2D eigenvalue weighted by molar-refractivity contribution is 5.83. The molecule has 0 spiro atoms. The number of phenols is 1. The van der Waals surface area contributed by atoms with Crippen LogP contribution in [0.4, 0.5) is 0 Å². The van der Waals surface area contributed by atoms with Gasteiger partial charge in [0, 0.05) is 25.1 Å². The first-order valence-corrected chi connectivity index (χ1v) is 9.81. The summed E-state index contributed by atoms with van der Waals surface area (Å²) < 4.78 is 0. The van der Waals surface area contributed by atoms with Gasteiger partial charge in [-0.15, -0.1) is 5.92 Å². The molecule has 2 aliphatic carbocycles. The van der Waals surface area contributed by atoms with Gasteiger partial charge in [0.2, 0.25) is 0 Å². The highest BCUT2D eigenvalue weighted by atomic mass is 16.4. The Hall–Kier alpha value is -1.99. The Kier molecular flexibility index (Phi) is 4.67. The van der Waals surface area contributed by atoms with E-state index in [4.69, 9.17) is 0 Å². The maximum absolute atomic E-state index is 12.5. The molecule has 138 valence electrons. The van der Waals surface area contributed by atoms with Gasteiger partial charge in [0.05, 0.1) is 6.54 Å². The number of para-hydroxylation sites is 1. The summed E-state index contributed by atoms with van der Waals surface area (Å²) in [4.78, 5) is 14.8. The third-order valence-corrected chi connectivity index (χ3v) is 6.67. The van der Waals surface area contributed by atoms with Crippen LogP contribution in [-0.2, 0) is 10.2 Å². The summed E-state index contributed by atoms with van der Waals surface area (Å²) in [7, 11) is 0. The summed E-state index contributed by atoms with van der Waals surface area (Å²) in [6, 6.07) is 6.90. The zero-order valence-corrected chi connectivity index (χ0v) is 15.2. The largest absolute Gasteiger partial charge is 0.508 e. The van der Waals surface area contributed by atoms with E-state index in [1.165, 1.54) is 6.42 Å². The summed E-state index contributed by atoms with van der Waals surface area (Å²) in [5, 5.41) is 20.6. The van der Waals surface area contributed by atoms with Crippen molar-refractivity contribution in [1.29, 1.82) is 0 Å². The zero-order valence-electron chi connectivity index (χ0n) is 15.2. The minimum atomic E-state index is -1.11. The topological polar surface area (TPSA) is 60.8 Å². The minimum Gasteiger partial charge on any atom is -0.508 e. The van der Waals surface area contributed by atoms with Crippen LogP contribution in [-0.4, -0.2) is 40.7 Å². The van der Waals surface area contributed by atoms with E-state index < -0.39 is 11.4 Å². The number of piperidine rings is 1. The number of benzene rings is 1. The van der Waals surface area contributed by atoms with E-state index in [0.29, 0.717) is 5.56 Å². The summed E-state index contributed by atoms with van der Waals surface area (Å²) in [6.07, 6.45) is 5.52. The van der Waals surface area contributed by atoms with E-state index in [1.54, 1.807) is 18.2 Å². The average molecular weight is 353 g/mol.